The summed E-state index contributed by atoms with van der Waals surface area (Å²) in [6.07, 6.45) is 7.39. The molecule has 0 fully saturated rings. The Hall–Kier alpha value is -4.35. The molecule has 0 unspecified atom stereocenters. The zero-order valence-electron chi connectivity index (χ0n) is 27.0. The minimum absolute atomic E-state index is 0.158. The van der Waals surface area contributed by atoms with Gasteiger partial charge in [0, 0.05) is 67.9 Å². The SMILES string of the molecule is CCN1CCc2nc(Nc3cc(-c4cc(F)cc(N5CCc6c(sc7c6CCCC7)C5=O)c4COC(C)=O)cn(C)c3=O)ccc2C1. The molecule has 47 heavy (non-hydrogen) atoms. The van der Waals surface area contributed by atoms with Crippen molar-refractivity contribution in [1.82, 2.24) is 14.5 Å². The number of fused-ring (bicyclic) bond motifs is 4. The van der Waals surface area contributed by atoms with Gasteiger partial charge < -0.3 is 19.5 Å². The Morgan fingerprint density at radius 2 is 1.89 bits per heavy atom. The number of esters is 1. The number of nitrogens with zero attached hydrogens (tertiary/aromatic N) is 4. The lowest BCUT2D eigenvalue weighted by Gasteiger charge is -2.30. The van der Waals surface area contributed by atoms with Gasteiger partial charge in [0.2, 0.25) is 0 Å². The van der Waals surface area contributed by atoms with Crippen LogP contribution in [0.4, 0.5) is 21.6 Å². The highest BCUT2D eigenvalue weighted by Gasteiger charge is 2.34. The lowest BCUT2D eigenvalue weighted by molar-refractivity contribution is -0.142. The zero-order valence-corrected chi connectivity index (χ0v) is 27.8. The number of rotatable bonds is 7. The van der Waals surface area contributed by atoms with Gasteiger partial charge in [-0.25, -0.2) is 9.37 Å². The smallest absolute Gasteiger partial charge is 0.302 e. The van der Waals surface area contributed by atoms with Crippen molar-refractivity contribution in [3.8, 4) is 11.1 Å². The summed E-state index contributed by atoms with van der Waals surface area (Å²) in [5.41, 5.74) is 6.47. The number of anilines is 3. The van der Waals surface area contributed by atoms with Crippen LogP contribution in [0.25, 0.3) is 11.1 Å². The van der Waals surface area contributed by atoms with Crippen LogP contribution in [0.5, 0.6) is 0 Å². The van der Waals surface area contributed by atoms with Crippen LogP contribution in [0.1, 0.15) is 69.2 Å². The summed E-state index contributed by atoms with van der Waals surface area (Å²) in [5.74, 6) is -0.634. The molecule has 0 radical (unpaired) electrons. The minimum atomic E-state index is -0.536. The topological polar surface area (TPSA) is 96.8 Å². The van der Waals surface area contributed by atoms with Gasteiger partial charge in [0.1, 0.15) is 23.9 Å². The maximum absolute atomic E-state index is 15.6. The summed E-state index contributed by atoms with van der Waals surface area (Å²) in [4.78, 5) is 50.2. The van der Waals surface area contributed by atoms with Crippen LogP contribution in [0.2, 0.25) is 0 Å². The molecule has 4 aromatic rings. The average Bonchev–Trinajstić information content (AvgIpc) is 3.45. The average molecular weight is 656 g/mol. The monoisotopic (exact) mass is 655 g/mol. The van der Waals surface area contributed by atoms with Crippen molar-refractivity contribution >= 4 is 40.4 Å². The van der Waals surface area contributed by atoms with Gasteiger partial charge in [-0.3, -0.25) is 19.3 Å². The Kier molecular flexibility index (Phi) is 8.44. The predicted molar refractivity (Wildman–Crippen MR) is 181 cm³/mol. The highest BCUT2D eigenvalue weighted by Crippen LogP contribution is 2.41. The number of likely N-dealkylation sites (N-methyl/N-ethyl adjacent to an activating group) is 1. The third-order valence-corrected chi connectivity index (χ3v) is 10.9. The van der Waals surface area contributed by atoms with Gasteiger partial charge in [0.25, 0.3) is 11.5 Å². The van der Waals surface area contributed by atoms with E-state index in [0.29, 0.717) is 41.2 Å². The molecule has 3 aromatic heterocycles. The summed E-state index contributed by atoms with van der Waals surface area (Å²) in [6, 6.07) is 8.29. The number of amides is 1. The Labute approximate surface area is 277 Å². The number of halogens is 1. The highest BCUT2D eigenvalue weighted by atomic mass is 32.1. The Morgan fingerprint density at radius 3 is 2.70 bits per heavy atom. The number of ether oxygens (including phenoxy) is 1. The largest absolute Gasteiger partial charge is 0.461 e. The molecule has 5 heterocycles. The lowest BCUT2D eigenvalue weighted by Crippen LogP contribution is -2.38. The van der Waals surface area contributed by atoms with Crippen LogP contribution in [0.3, 0.4) is 0 Å². The maximum atomic E-state index is 15.6. The molecule has 11 heteroatoms. The molecule has 0 atom stereocenters. The molecule has 7 rings (SSSR count). The Morgan fingerprint density at radius 1 is 1.06 bits per heavy atom. The van der Waals surface area contributed by atoms with Crippen LogP contribution < -0.4 is 15.8 Å². The molecule has 0 bridgehead atoms. The third kappa shape index (κ3) is 5.98. The van der Waals surface area contributed by atoms with Gasteiger partial charge in [-0.05, 0) is 85.2 Å². The number of aryl methyl sites for hydroxylation is 2. The first-order chi connectivity index (χ1) is 22.7. The van der Waals surface area contributed by atoms with E-state index in [1.165, 1.54) is 39.6 Å². The number of hydrogen-bond acceptors (Lipinski definition) is 8. The standard InChI is InChI=1S/C36H38FN5O4S/c1-4-41-13-12-29-22(19-41)9-10-33(38-29)39-30-15-23(18-40(3)35(30)44)27-16-24(37)17-31(28(27)20-46-21(2)43)42-14-11-26-25-7-5-6-8-32(25)47-34(26)36(42)45/h9-10,15-18H,4-8,11-14,19-20H2,1-3H3,(H,38,39). The van der Waals surface area contributed by atoms with E-state index in [4.69, 9.17) is 9.72 Å². The van der Waals surface area contributed by atoms with Gasteiger partial charge in [-0.2, -0.15) is 0 Å². The number of hydrogen-bond donors (Lipinski definition) is 1. The van der Waals surface area contributed by atoms with Crippen LogP contribution in [0.15, 0.2) is 41.3 Å². The number of aromatic nitrogens is 2. The fraction of sp³-hybridized carbons (Fsp3) is 0.389. The van der Waals surface area contributed by atoms with Crippen molar-refractivity contribution in [3.05, 3.63) is 90.4 Å². The lowest BCUT2D eigenvalue weighted by atomic mass is 9.91. The van der Waals surface area contributed by atoms with Crippen molar-refractivity contribution in [3.63, 3.8) is 0 Å². The first-order valence-corrected chi connectivity index (χ1v) is 17.1. The second-order valence-electron chi connectivity index (χ2n) is 12.6. The van der Waals surface area contributed by atoms with E-state index in [1.54, 1.807) is 35.5 Å². The van der Waals surface area contributed by atoms with E-state index in [1.807, 2.05) is 12.1 Å². The molecule has 2 aliphatic heterocycles. The maximum Gasteiger partial charge on any atom is 0.302 e. The van der Waals surface area contributed by atoms with E-state index < -0.39 is 11.8 Å². The summed E-state index contributed by atoms with van der Waals surface area (Å²) < 4.78 is 22.5. The second-order valence-corrected chi connectivity index (χ2v) is 13.7. The van der Waals surface area contributed by atoms with Gasteiger partial charge in [-0.1, -0.05) is 13.0 Å². The normalized spacial score (nSPS) is 16.0. The molecule has 9 nitrogen and oxygen atoms in total. The summed E-state index contributed by atoms with van der Waals surface area (Å²) in [7, 11) is 1.64. The Balaban J connectivity index is 1.28. The van der Waals surface area contributed by atoms with Crippen molar-refractivity contribution in [2.45, 2.75) is 65.5 Å². The fourth-order valence-electron chi connectivity index (χ4n) is 7.09. The third-order valence-electron chi connectivity index (χ3n) is 9.54. The van der Waals surface area contributed by atoms with Crippen LogP contribution in [0, 0.1) is 5.82 Å². The zero-order chi connectivity index (χ0) is 32.8. The van der Waals surface area contributed by atoms with E-state index in [9.17, 15) is 14.4 Å². The summed E-state index contributed by atoms with van der Waals surface area (Å²) in [6.45, 7) is 6.45. The molecule has 1 aromatic carbocycles. The minimum Gasteiger partial charge on any atom is -0.461 e. The van der Waals surface area contributed by atoms with E-state index in [-0.39, 0.29) is 23.8 Å². The van der Waals surface area contributed by atoms with Crippen LogP contribution in [-0.4, -0.2) is 46.0 Å². The number of carbonyl (C=O) groups is 2. The molecule has 0 saturated carbocycles. The molecular weight excluding hydrogens is 617 g/mol. The van der Waals surface area contributed by atoms with Gasteiger partial charge in [0.15, 0.2) is 0 Å². The summed E-state index contributed by atoms with van der Waals surface area (Å²) >= 11 is 1.56. The second kappa shape index (κ2) is 12.7. The number of benzene rings is 1. The van der Waals surface area contributed by atoms with Crippen molar-refractivity contribution < 1.29 is 18.7 Å². The number of pyridine rings is 2. The van der Waals surface area contributed by atoms with Crippen LogP contribution in [-0.2, 0) is 55.4 Å². The molecule has 0 spiro atoms. The molecule has 1 amide bonds. The highest BCUT2D eigenvalue weighted by molar-refractivity contribution is 7.14. The predicted octanol–water partition coefficient (Wildman–Crippen LogP) is 5.91. The first-order valence-electron chi connectivity index (χ1n) is 16.3. The number of thiophene rings is 1. The van der Waals surface area contributed by atoms with Crippen molar-refractivity contribution in [2.75, 3.05) is 29.9 Å². The van der Waals surface area contributed by atoms with Crippen molar-refractivity contribution in [2.24, 2.45) is 7.05 Å². The molecule has 1 aliphatic carbocycles. The van der Waals surface area contributed by atoms with Crippen molar-refractivity contribution in [1.29, 1.82) is 0 Å². The van der Waals surface area contributed by atoms with Crippen LogP contribution >= 0.6 is 11.3 Å². The van der Waals surface area contributed by atoms with Gasteiger partial charge in [-0.15, -0.1) is 11.3 Å². The Bertz CT molecular complexity index is 1970. The van der Waals surface area contributed by atoms with Gasteiger partial charge in [0.05, 0.1) is 10.6 Å². The molecular formula is C36H38FN5O4S. The first kappa shape index (κ1) is 31.3. The summed E-state index contributed by atoms with van der Waals surface area (Å²) in [5, 5.41) is 3.20. The van der Waals surface area contributed by atoms with E-state index >= 15 is 4.39 Å². The van der Waals surface area contributed by atoms with E-state index in [2.05, 4.69) is 17.1 Å². The van der Waals surface area contributed by atoms with Gasteiger partial charge >= 0.3 is 5.97 Å². The molecule has 3 aliphatic rings. The quantitative estimate of drug-likeness (QED) is 0.247. The molecule has 244 valence electrons. The fourth-order valence-corrected chi connectivity index (χ4v) is 8.48. The number of nitrogens with one attached hydrogen (secondary N) is 1. The van der Waals surface area contributed by atoms with E-state index in [0.717, 1.165) is 67.9 Å². The number of carbonyl (C=O) groups excluding carboxylic acids is 2. The molecule has 1 N–H and O–H groups in total. The molecule has 0 saturated heterocycles.